The molecule has 0 saturated carbocycles. The van der Waals surface area contributed by atoms with Gasteiger partial charge in [-0.2, -0.15) is 0 Å². The van der Waals surface area contributed by atoms with Crippen molar-refractivity contribution in [1.82, 2.24) is 9.97 Å². The Balaban J connectivity index is 2.68. The molecule has 0 aromatic carbocycles. The van der Waals surface area contributed by atoms with Crippen LogP contribution in [0.2, 0.25) is 0 Å². The van der Waals surface area contributed by atoms with Crippen LogP contribution < -0.4 is 11.3 Å². The summed E-state index contributed by atoms with van der Waals surface area (Å²) in [6, 6.07) is 1.81. The second-order valence-electron chi connectivity index (χ2n) is 2.93. The van der Waals surface area contributed by atoms with Gasteiger partial charge in [0.15, 0.2) is 0 Å². The van der Waals surface area contributed by atoms with Crippen LogP contribution in [0.5, 0.6) is 0 Å². The largest absolute Gasteiger partial charge is 0.396 e. The van der Waals surface area contributed by atoms with Crippen LogP contribution in [0.3, 0.4) is 0 Å². The van der Waals surface area contributed by atoms with Crippen molar-refractivity contribution >= 4 is 17.6 Å². The second kappa shape index (κ2) is 6.60. The lowest BCUT2D eigenvalue weighted by Gasteiger charge is -2.05. The van der Waals surface area contributed by atoms with Gasteiger partial charge >= 0.3 is 0 Å². The Kier molecular flexibility index (Phi) is 5.38. The molecule has 0 unspecified atom stereocenters. The maximum Gasteiger partial charge on any atom is 0.144 e. The average molecular weight is 228 g/mol. The first-order chi connectivity index (χ1) is 7.30. The zero-order valence-electron chi connectivity index (χ0n) is 8.73. The van der Waals surface area contributed by atoms with Crippen LogP contribution in [0.4, 0.5) is 5.82 Å². The van der Waals surface area contributed by atoms with Crippen molar-refractivity contribution in [2.45, 2.75) is 24.8 Å². The van der Waals surface area contributed by atoms with Crippen LogP contribution in [0, 0.1) is 0 Å². The molecule has 1 heterocycles. The van der Waals surface area contributed by atoms with Gasteiger partial charge in [0.1, 0.15) is 16.7 Å². The summed E-state index contributed by atoms with van der Waals surface area (Å²) in [7, 11) is 0. The van der Waals surface area contributed by atoms with Crippen molar-refractivity contribution in [2.75, 3.05) is 17.8 Å². The van der Waals surface area contributed by atoms with E-state index in [1.807, 2.05) is 6.92 Å². The number of aryl methyl sites for hydroxylation is 1. The Hall–Kier alpha value is -0.850. The van der Waals surface area contributed by atoms with E-state index in [2.05, 4.69) is 15.4 Å². The first-order valence-corrected chi connectivity index (χ1v) is 5.87. The van der Waals surface area contributed by atoms with Crippen LogP contribution in [-0.4, -0.2) is 27.4 Å². The van der Waals surface area contributed by atoms with Gasteiger partial charge < -0.3 is 10.5 Å². The third-order valence-corrected chi connectivity index (χ3v) is 2.76. The number of hydrazine groups is 1. The Bertz CT molecular complexity index is 286. The summed E-state index contributed by atoms with van der Waals surface area (Å²) in [6.45, 7) is 2.21. The van der Waals surface area contributed by atoms with Gasteiger partial charge in [-0.1, -0.05) is 6.92 Å². The third kappa shape index (κ3) is 4.03. The lowest BCUT2D eigenvalue weighted by molar-refractivity contribution is 0.296. The van der Waals surface area contributed by atoms with Crippen molar-refractivity contribution in [2.24, 2.45) is 5.84 Å². The molecule has 0 amide bonds. The fourth-order valence-corrected chi connectivity index (χ4v) is 1.87. The molecule has 15 heavy (non-hydrogen) atoms. The van der Waals surface area contributed by atoms with Gasteiger partial charge in [0, 0.05) is 24.8 Å². The number of thioether (sulfide) groups is 1. The van der Waals surface area contributed by atoms with Crippen molar-refractivity contribution in [3.8, 4) is 0 Å². The molecule has 0 spiro atoms. The van der Waals surface area contributed by atoms with Crippen LogP contribution in [0.15, 0.2) is 11.1 Å². The van der Waals surface area contributed by atoms with Crippen molar-refractivity contribution in [3.63, 3.8) is 0 Å². The number of aromatic nitrogens is 2. The average Bonchev–Trinajstić information content (AvgIpc) is 2.29. The number of nitrogens with two attached hydrogens (primary N) is 1. The van der Waals surface area contributed by atoms with Crippen molar-refractivity contribution in [3.05, 3.63) is 11.9 Å². The zero-order valence-corrected chi connectivity index (χ0v) is 9.55. The molecule has 4 N–H and O–H groups in total. The first-order valence-electron chi connectivity index (χ1n) is 4.88. The monoisotopic (exact) mass is 228 g/mol. The smallest absolute Gasteiger partial charge is 0.144 e. The molecule has 0 aliphatic carbocycles. The normalized spacial score (nSPS) is 10.3. The van der Waals surface area contributed by atoms with Crippen LogP contribution in [0.1, 0.15) is 19.2 Å². The predicted octanol–water partition coefficient (Wildman–Crippen LogP) is 0.799. The first kappa shape index (κ1) is 12.2. The quantitative estimate of drug-likeness (QED) is 0.219. The van der Waals surface area contributed by atoms with Crippen molar-refractivity contribution in [1.29, 1.82) is 0 Å². The number of aliphatic hydroxyl groups excluding tert-OH is 1. The number of anilines is 1. The van der Waals surface area contributed by atoms with E-state index in [9.17, 15) is 0 Å². The number of hydrogen-bond donors (Lipinski definition) is 3. The summed E-state index contributed by atoms with van der Waals surface area (Å²) >= 11 is 1.60. The molecule has 0 atom stereocenters. The molecule has 0 saturated heterocycles. The SMILES string of the molecule is CCc1nc(NN)cc(SCCCO)n1. The van der Waals surface area contributed by atoms with E-state index in [0.717, 1.165) is 29.4 Å². The number of nitrogen functional groups attached to an aromatic ring is 1. The summed E-state index contributed by atoms with van der Waals surface area (Å²) in [6.07, 6.45) is 1.55. The molecule has 0 aliphatic rings. The fraction of sp³-hybridized carbons (Fsp3) is 0.556. The van der Waals surface area contributed by atoms with E-state index in [1.165, 1.54) is 0 Å². The topological polar surface area (TPSA) is 84.1 Å². The Morgan fingerprint density at radius 1 is 1.53 bits per heavy atom. The lowest BCUT2D eigenvalue weighted by atomic mass is 10.4. The van der Waals surface area contributed by atoms with Gasteiger partial charge in [-0.25, -0.2) is 15.8 Å². The zero-order chi connectivity index (χ0) is 11.1. The Labute approximate surface area is 93.5 Å². The van der Waals surface area contributed by atoms with Gasteiger partial charge in [0.2, 0.25) is 0 Å². The molecule has 1 rings (SSSR count). The highest BCUT2D eigenvalue weighted by molar-refractivity contribution is 7.99. The van der Waals surface area contributed by atoms with E-state index in [0.29, 0.717) is 5.82 Å². The molecule has 0 fully saturated rings. The van der Waals surface area contributed by atoms with E-state index in [4.69, 9.17) is 10.9 Å². The molecule has 5 nitrogen and oxygen atoms in total. The second-order valence-corrected chi connectivity index (χ2v) is 4.05. The van der Waals surface area contributed by atoms with E-state index >= 15 is 0 Å². The molecule has 1 aromatic heterocycles. The number of aliphatic hydroxyl groups is 1. The molecular weight excluding hydrogens is 212 g/mol. The fourth-order valence-electron chi connectivity index (χ4n) is 1.02. The Morgan fingerprint density at radius 3 is 2.93 bits per heavy atom. The van der Waals surface area contributed by atoms with Crippen molar-refractivity contribution < 1.29 is 5.11 Å². The molecule has 0 aliphatic heterocycles. The number of hydrogen-bond acceptors (Lipinski definition) is 6. The lowest BCUT2D eigenvalue weighted by Crippen LogP contribution is -2.10. The highest BCUT2D eigenvalue weighted by Crippen LogP contribution is 2.19. The summed E-state index contributed by atoms with van der Waals surface area (Å²) < 4.78 is 0. The minimum atomic E-state index is 0.209. The predicted molar refractivity (Wildman–Crippen MR) is 61.6 cm³/mol. The van der Waals surface area contributed by atoms with Gasteiger partial charge in [-0.3, -0.25) is 0 Å². The summed E-state index contributed by atoms with van der Waals surface area (Å²) in [5.74, 6) is 7.56. The van der Waals surface area contributed by atoms with Gasteiger partial charge in [0.25, 0.3) is 0 Å². The van der Waals surface area contributed by atoms with E-state index < -0.39 is 0 Å². The highest BCUT2D eigenvalue weighted by atomic mass is 32.2. The maximum absolute atomic E-state index is 8.67. The van der Waals surface area contributed by atoms with Gasteiger partial charge in [-0.15, -0.1) is 11.8 Å². The Morgan fingerprint density at radius 2 is 2.33 bits per heavy atom. The highest BCUT2D eigenvalue weighted by Gasteiger charge is 2.02. The minimum absolute atomic E-state index is 0.209. The molecule has 6 heteroatoms. The molecular formula is C9H16N4OS. The van der Waals surface area contributed by atoms with E-state index in [1.54, 1.807) is 17.8 Å². The molecule has 0 bridgehead atoms. The number of nitrogens with one attached hydrogen (secondary N) is 1. The summed E-state index contributed by atoms with van der Waals surface area (Å²) in [5.41, 5.74) is 2.52. The van der Waals surface area contributed by atoms with E-state index in [-0.39, 0.29) is 6.61 Å². The maximum atomic E-state index is 8.67. The van der Waals surface area contributed by atoms with Gasteiger partial charge in [-0.05, 0) is 6.42 Å². The standard InChI is InChI=1S/C9H16N4OS/c1-2-7-11-8(13-10)6-9(12-7)15-5-3-4-14/h6,14H,2-5,10H2,1H3,(H,11,12,13). The summed E-state index contributed by atoms with van der Waals surface area (Å²) in [4.78, 5) is 8.54. The van der Waals surface area contributed by atoms with Crippen LogP contribution in [0.25, 0.3) is 0 Å². The molecule has 1 aromatic rings. The van der Waals surface area contributed by atoms with Crippen LogP contribution >= 0.6 is 11.8 Å². The number of rotatable bonds is 6. The van der Waals surface area contributed by atoms with Crippen LogP contribution in [-0.2, 0) is 6.42 Å². The minimum Gasteiger partial charge on any atom is -0.396 e. The molecule has 0 radical (unpaired) electrons. The van der Waals surface area contributed by atoms with Gasteiger partial charge in [0.05, 0.1) is 0 Å². The third-order valence-electron chi connectivity index (χ3n) is 1.77. The molecule has 84 valence electrons. The number of nitrogens with zero attached hydrogens (tertiary/aromatic N) is 2. The summed E-state index contributed by atoms with van der Waals surface area (Å²) in [5, 5.41) is 9.56.